The summed E-state index contributed by atoms with van der Waals surface area (Å²) in [5.74, 6) is -0.0643. The fourth-order valence-corrected chi connectivity index (χ4v) is 4.11. The van der Waals surface area contributed by atoms with Crippen LogP contribution in [0.5, 0.6) is 0 Å². The predicted molar refractivity (Wildman–Crippen MR) is 87.2 cm³/mol. The Balaban J connectivity index is 1.76. The molecule has 4 rings (SSSR count). The lowest BCUT2D eigenvalue weighted by molar-refractivity contribution is -0.173. The van der Waals surface area contributed by atoms with E-state index >= 15 is 0 Å². The zero-order chi connectivity index (χ0) is 18.7. The molecule has 0 amide bonds. The van der Waals surface area contributed by atoms with Crippen molar-refractivity contribution in [3.05, 3.63) is 16.7 Å². The molecule has 142 valence electrons. The fraction of sp³-hybridized carbons (Fsp3) is 0.615. The third-order valence-electron chi connectivity index (χ3n) is 4.77. The molecule has 3 unspecified atom stereocenters. The number of hydrogen-bond acceptors (Lipinski definition) is 9. The van der Waals surface area contributed by atoms with Gasteiger partial charge in [0.15, 0.2) is 17.4 Å². The summed E-state index contributed by atoms with van der Waals surface area (Å²) in [6, 6.07) is 0. The van der Waals surface area contributed by atoms with Crippen molar-refractivity contribution >= 4 is 24.9 Å². The maximum absolute atomic E-state index is 12.0. The van der Waals surface area contributed by atoms with Crippen molar-refractivity contribution in [3.8, 4) is 0 Å². The highest BCUT2D eigenvalue weighted by molar-refractivity contribution is 7.47. The Hall–Kier alpha value is -1.82. The van der Waals surface area contributed by atoms with Crippen LogP contribution in [0.3, 0.4) is 0 Å². The topological polar surface area (TPSA) is 164 Å². The summed E-state index contributed by atoms with van der Waals surface area (Å²) in [4.78, 5) is 32.2. The number of aromatic nitrogens is 4. The van der Waals surface area contributed by atoms with E-state index < -0.39 is 37.4 Å². The Morgan fingerprint density at radius 3 is 3.08 bits per heavy atom. The van der Waals surface area contributed by atoms with Gasteiger partial charge in [0.25, 0.3) is 5.56 Å². The molecule has 2 fully saturated rings. The first-order chi connectivity index (χ1) is 12.3. The predicted octanol–water partition coefficient (Wildman–Crippen LogP) is -0.0898. The smallest absolute Gasteiger partial charge is 0.369 e. The van der Waals surface area contributed by atoms with Gasteiger partial charge in [-0.3, -0.25) is 23.4 Å². The molecule has 0 radical (unpaired) electrons. The normalized spacial score (nSPS) is 33.0. The molecular formula is C13H18N5O7P. The molecule has 4 N–H and O–H groups in total. The fourth-order valence-electron chi connectivity index (χ4n) is 3.42. The van der Waals surface area contributed by atoms with Crippen LogP contribution in [0.4, 0.5) is 5.95 Å². The number of rotatable bonds is 5. The van der Waals surface area contributed by atoms with Crippen LogP contribution in [-0.2, 0) is 23.1 Å². The van der Waals surface area contributed by atoms with Gasteiger partial charge >= 0.3 is 7.82 Å². The van der Waals surface area contributed by atoms with Crippen LogP contribution in [-0.4, -0.2) is 55.9 Å². The van der Waals surface area contributed by atoms with Crippen LogP contribution in [0.15, 0.2) is 11.1 Å². The summed E-state index contributed by atoms with van der Waals surface area (Å²) in [7, 11) is -3.17. The second-order valence-electron chi connectivity index (χ2n) is 6.15. The van der Waals surface area contributed by atoms with Gasteiger partial charge in [-0.1, -0.05) is 6.92 Å². The molecular weight excluding hydrogens is 369 g/mol. The first kappa shape index (κ1) is 17.6. The Kier molecular flexibility index (Phi) is 3.95. The van der Waals surface area contributed by atoms with Crippen LogP contribution >= 0.6 is 7.82 Å². The van der Waals surface area contributed by atoms with Gasteiger partial charge in [-0.15, -0.1) is 0 Å². The van der Waals surface area contributed by atoms with Crippen LogP contribution in [0.1, 0.15) is 19.6 Å². The van der Waals surface area contributed by atoms with E-state index in [1.54, 1.807) is 0 Å². The monoisotopic (exact) mass is 387 g/mol. The van der Waals surface area contributed by atoms with E-state index in [-0.39, 0.29) is 23.7 Å². The van der Waals surface area contributed by atoms with Crippen molar-refractivity contribution in [3.63, 3.8) is 0 Å². The highest BCUT2D eigenvalue weighted by atomic mass is 31.2. The van der Waals surface area contributed by atoms with Crippen molar-refractivity contribution in [2.45, 2.75) is 37.4 Å². The number of hydrogen-bond donors (Lipinski definition) is 3. The molecule has 0 aliphatic carbocycles. The maximum Gasteiger partial charge on any atom is 0.472 e. The number of nitrogens with two attached hydrogens (primary N) is 1. The number of phosphoric acid groups is 1. The van der Waals surface area contributed by atoms with Crippen molar-refractivity contribution in [2.75, 3.05) is 19.5 Å². The van der Waals surface area contributed by atoms with Crippen molar-refractivity contribution in [1.29, 1.82) is 0 Å². The van der Waals surface area contributed by atoms with E-state index in [1.165, 1.54) is 10.9 Å². The molecule has 2 saturated heterocycles. The standard InChI is InChI=1S/C13H18N5O7P/c1-3-13-4-23-7(8(13)25-26(20,21)22-2)11(24-13)18-5-15-6-9(18)16-12(14)17-10(6)19/h5,7-8,11H,3-4H2,1-2H3,(H,20,21)(H3,14,16,17,19)/t7?,8?,11-,13-/m1/s1. The van der Waals surface area contributed by atoms with E-state index in [0.29, 0.717) is 6.42 Å². The molecule has 0 spiro atoms. The summed E-state index contributed by atoms with van der Waals surface area (Å²) in [6.07, 6.45) is -0.465. The highest BCUT2D eigenvalue weighted by Gasteiger charge is 2.63. The van der Waals surface area contributed by atoms with E-state index in [2.05, 4.69) is 19.5 Å². The van der Waals surface area contributed by atoms with E-state index in [0.717, 1.165) is 7.11 Å². The zero-order valence-electron chi connectivity index (χ0n) is 14.0. The van der Waals surface area contributed by atoms with Crippen LogP contribution in [0.2, 0.25) is 0 Å². The molecule has 12 nitrogen and oxygen atoms in total. The molecule has 4 heterocycles. The van der Waals surface area contributed by atoms with Crippen LogP contribution < -0.4 is 11.3 Å². The van der Waals surface area contributed by atoms with E-state index in [4.69, 9.17) is 19.7 Å². The van der Waals surface area contributed by atoms with Gasteiger partial charge in [-0.2, -0.15) is 4.98 Å². The Labute approximate surface area is 146 Å². The number of nitrogens with one attached hydrogen (secondary N) is 1. The molecule has 2 aliphatic heterocycles. The molecule has 2 aliphatic rings. The number of H-pyrrole nitrogens is 1. The van der Waals surface area contributed by atoms with Crippen molar-refractivity contribution in [1.82, 2.24) is 19.5 Å². The van der Waals surface area contributed by atoms with Crippen LogP contribution in [0.25, 0.3) is 11.2 Å². The third kappa shape index (κ3) is 2.49. The van der Waals surface area contributed by atoms with Gasteiger partial charge in [-0.05, 0) is 6.42 Å². The first-order valence-corrected chi connectivity index (χ1v) is 9.38. The molecule has 2 aromatic rings. The largest absolute Gasteiger partial charge is 0.472 e. The lowest BCUT2D eigenvalue weighted by Crippen LogP contribution is -2.40. The number of nitrogen functional groups attached to an aromatic ring is 1. The maximum atomic E-state index is 12.0. The minimum Gasteiger partial charge on any atom is -0.369 e. The summed E-state index contributed by atoms with van der Waals surface area (Å²) >= 11 is 0. The molecule has 2 aromatic heterocycles. The molecule has 2 bridgehead atoms. The second-order valence-corrected chi connectivity index (χ2v) is 7.67. The van der Waals surface area contributed by atoms with Gasteiger partial charge in [0.2, 0.25) is 5.95 Å². The van der Waals surface area contributed by atoms with Crippen molar-refractivity contribution < 1.29 is 28.0 Å². The minimum absolute atomic E-state index is 0.0643. The summed E-state index contributed by atoms with van der Waals surface area (Å²) < 4.78 is 35.1. The zero-order valence-corrected chi connectivity index (χ0v) is 14.9. The highest BCUT2D eigenvalue weighted by Crippen LogP contribution is 2.55. The minimum atomic E-state index is -4.26. The van der Waals surface area contributed by atoms with Gasteiger partial charge < -0.3 is 20.1 Å². The average Bonchev–Trinajstić information content (AvgIpc) is 3.25. The molecule has 0 saturated carbocycles. The Morgan fingerprint density at radius 1 is 1.62 bits per heavy atom. The average molecular weight is 387 g/mol. The van der Waals surface area contributed by atoms with Gasteiger partial charge in [0.05, 0.1) is 12.9 Å². The number of anilines is 1. The van der Waals surface area contributed by atoms with Crippen molar-refractivity contribution in [2.24, 2.45) is 0 Å². The lowest BCUT2D eigenvalue weighted by atomic mass is 9.96. The molecule has 0 aromatic carbocycles. The summed E-state index contributed by atoms with van der Waals surface area (Å²) in [5.41, 5.74) is 4.52. The summed E-state index contributed by atoms with van der Waals surface area (Å²) in [6.45, 7) is 2.05. The lowest BCUT2D eigenvalue weighted by Gasteiger charge is -2.30. The first-order valence-electron chi connectivity index (χ1n) is 7.89. The molecule has 13 heteroatoms. The van der Waals surface area contributed by atoms with E-state index in [9.17, 15) is 14.3 Å². The van der Waals surface area contributed by atoms with Gasteiger partial charge in [0.1, 0.15) is 17.8 Å². The number of aromatic amines is 1. The molecule has 26 heavy (non-hydrogen) atoms. The van der Waals surface area contributed by atoms with Crippen LogP contribution in [0, 0.1) is 0 Å². The number of fused-ring (bicyclic) bond motifs is 3. The Morgan fingerprint density at radius 2 is 2.38 bits per heavy atom. The van der Waals surface area contributed by atoms with E-state index in [1.807, 2.05) is 6.92 Å². The van der Waals surface area contributed by atoms with Gasteiger partial charge in [0, 0.05) is 7.11 Å². The second kappa shape index (κ2) is 5.84. The number of ether oxygens (including phenoxy) is 2. The summed E-state index contributed by atoms with van der Waals surface area (Å²) in [5, 5.41) is 0. The third-order valence-corrected chi connectivity index (χ3v) is 5.73. The number of phosphoric ester groups is 1. The quantitative estimate of drug-likeness (QED) is 0.591. The van der Waals surface area contributed by atoms with Gasteiger partial charge in [-0.25, -0.2) is 9.55 Å². The molecule has 5 atom stereocenters. The number of nitrogens with zero attached hydrogens (tertiary/aromatic N) is 3. The number of imidazole rings is 1. The Bertz CT molecular complexity index is 960. The SMILES string of the molecule is CC[C@@]12COC(C1OP(=O)(O)OC)[C@H](n1cnc3c(=O)[nH]c(N)nc31)O2.